The van der Waals surface area contributed by atoms with Gasteiger partial charge in [0.25, 0.3) is 0 Å². The van der Waals surface area contributed by atoms with Gasteiger partial charge in [-0.15, -0.1) is 0 Å². The molecule has 1 heterocycles. The van der Waals surface area contributed by atoms with Gasteiger partial charge in [0.05, 0.1) is 40.2 Å². The number of ether oxygens (including phenoxy) is 4. The Morgan fingerprint density at radius 3 is 2.19 bits per heavy atom. The molecule has 0 aromatic heterocycles. The highest BCUT2D eigenvalue weighted by atomic mass is 16.5. The van der Waals surface area contributed by atoms with Gasteiger partial charge in [-0.1, -0.05) is 0 Å². The van der Waals surface area contributed by atoms with E-state index in [9.17, 15) is 0 Å². The molecule has 5 heteroatoms. The molecule has 1 aliphatic rings. The van der Waals surface area contributed by atoms with E-state index < -0.39 is 0 Å². The lowest BCUT2D eigenvalue weighted by atomic mass is 9.95. The number of likely N-dealkylation sites (N-methyl/N-ethyl adjacent to an activating group) is 1. The van der Waals surface area contributed by atoms with Crippen molar-refractivity contribution in [3.05, 3.63) is 29.5 Å². The first-order valence-corrected chi connectivity index (χ1v) is 7.02. The second-order valence-electron chi connectivity index (χ2n) is 4.85. The van der Waals surface area contributed by atoms with Gasteiger partial charge in [-0.25, -0.2) is 0 Å². The molecule has 21 heavy (non-hydrogen) atoms. The average molecular weight is 293 g/mol. The van der Waals surface area contributed by atoms with Gasteiger partial charge in [-0.2, -0.15) is 0 Å². The summed E-state index contributed by atoms with van der Waals surface area (Å²) in [6.07, 6.45) is 3.91. The summed E-state index contributed by atoms with van der Waals surface area (Å²) in [5.74, 6) is 1.92. The fourth-order valence-electron chi connectivity index (χ4n) is 2.63. The molecule has 0 saturated heterocycles. The van der Waals surface area contributed by atoms with E-state index in [1.165, 1.54) is 5.57 Å². The maximum atomic E-state index is 5.46. The van der Waals surface area contributed by atoms with Crippen LogP contribution in [0.15, 0.2) is 24.0 Å². The molecule has 1 aromatic rings. The van der Waals surface area contributed by atoms with Gasteiger partial charge in [-0.05, 0) is 43.2 Å². The zero-order chi connectivity index (χ0) is 15.2. The summed E-state index contributed by atoms with van der Waals surface area (Å²) in [7, 11) is 6.79. The summed E-state index contributed by atoms with van der Waals surface area (Å²) in [4.78, 5) is 0. The van der Waals surface area contributed by atoms with E-state index in [0.29, 0.717) is 17.2 Å². The number of hydrogen-bond acceptors (Lipinski definition) is 5. The number of hydrogen-bond donors (Lipinski definition) is 1. The molecule has 1 N–H and O–H groups in total. The minimum atomic E-state index is 0.0685. The fraction of sp³-hybridized carbons (Fsp3) is 0.500. The van der Waals surface area contributed by atoms with Crippen molar-refractivity contribution in [1.82, 2.24) is 5.32 Å². The van der Waals surface area contributed by atoms with Crippen LogP contribution in [0.5, 0.6) is 17.2 Å². The van der Waals surface area contributed by atoms with Crippen LogP contribution in [0.1, 0.15) is 24.4 Å². The average Bonchev–Trinajstić information content (AvgIpc) is 2.55. The Morgan fingerprint density at radius 1 is 1.10 bits per heavy atom. The highest BCUT2D eigenvalue weighted by Crippen LogP contribution is 2.41. The van der Waals surface area contributed by atoms with Crippen LogP contribution in [0.25, 0.3) is 0 Å². The third-order valence-electron chi connectivity index (χ3n) is 3.64. The first-order chi connectivity index (χ1) is 10.2. The van der Waals surface area contributed by atoms with Crippen LogP contribution in [0.3, 0.4) is 0 Å². The summed E-state index contributed by atoms with van der Waals surface area (Å²) in [5, 5.41) is 3.33. The molecule has 1 atom stereocenters. The standard InChI is InChI=1S/C16H23NO4/c1-17-15(11-6-5-7-21-10-11)12-8-13(18-2)16(20-4)14(9-12)19-3/h8-10,15,17H,5-7H2,1-4H3. The van der Waals surface area contributed by atoms with E-state index >= 15 is 0 Å². The van der Waals surface area contributed by atoms with E-state index in [2.05, 4.69) is 5.32 Å². The Balaban J connectivity index is 2.43. The molecule has 2 rings (SSSR count). The van der Waals surface area contributed by atoms with Gasteiger partial charge in [-0.3, -0.25) is 0 Å². The van der Waals surface area contributed by atoms with Crippen molar-refractivity contribution in [3.8, 4) is 17.2 Å². The molecule has 0 radical (unpaired) electrons. The summed E-state index contributed by atoms with van der Waals surface area (Å²) < 4.78 is 21.7. The Hall–Kier alpha value is -1.88. The van der Waals surface area contributed by atoms with Crippen LogP contribution in [-0.4, -0.2) is 35.0 Å². The van der Waals surface area contributed by atoms with Crippen LogP contribution in [0, 0.1) is 0 Å². The molecule has 116 valence electrons. The van der Waals surface area contributed by atoms with Gasteiger partial charge >= 0.3 is 0 Å². The van der Waals surface area contributed by atoms with Gasteiger partial charge in [0.15, 0.2) is 11.5 Å². The summed E-state index contributed by atoms with van der Waals surface area (Å²) in [5.41, 5.74) is 2.28. The lowest BCUT2D eigenvalue weighted by Gasteiger charge is -2.24. The minimum Gasteiger partial charge on any atom is -0.501 e. The van der Waals surface area contributed by atoms with E-state index in [-0.39, 0.29) is 6.04 Å². The van der Waals surface area contributed by atoms with E-state index in [0.717, 1.165) is 25.0 Å². The topological polar surface area (TPSA) is 49.0 Å². The van der Waals surface area contributed by atoms with Crippen molar-refractivity contribution in [2.75, 3.05) is 35.0 Å². The second kappa shape index (κ2) is 7.22. The first kappa shape index (κ1) is 15.5. The van der Waals surface area contributed by atoms with Crippen molar-refractivity contribution >= 4 is 0 Å². The molecular formula is C16H23NO4. The SMILES string of the molecule is CNC(C1=COCCC1)c1cc(OC)c(OC)c(OC)c1. The molecular weight excluding hydrogens is 270 g/mol. The Labute approximate surface area is 125 Å². The molecule has 0 amide bonds. The summed E-state index contributed by atoms with van der Waals surface area (Å²) in [6, 6.07) is 4.01. The van der Waals surface area contributed by atoms with E-state index in [1.54, 1.807) is 21.3 Å². The maximum absolute atomic E-state index is 5.46. The van der Waals surface area contributed by atoms with Gasteiger partial charge in [0.1, 0.15) is 0 Å². The van der Waals surface area contributed by atoms with Crippen LogP contribution in [0.4, 0.5) is 0 Å². The zero-order valence-electron chi connectivity index (χ0n) is 13.1. The fourth-order valence-corrected chi connectivity index (χ4v) is 2.63. The first-order valence-electron chi connectivity index (χ1n) is 7.02. The predicted molar refractivity (Wildman–Crippen MR) is 81.2 cm³/mol. The Kier molecular flexibility index (Phi) is 5.33. The molecule has 0 saturated carbocycles. The number of nitrogens with one attached hydrogen (secondary N) is 1. The van der Waals surface area contributed by atoms with Crippen molar-refractivity contribution < 1.29 is 18.9 Å². The van der Waals surface area contributed by atoms with Gasteiger partial charge in [0.2, 0.25) is 5.75 Å². The zero-order valence-corrected chi connectivity index (χ0v) is 13.1. The molecule has 0 spiro atoms. The normalized spacial score (nSPS) is 15.7. The molecule has 5 nitrogen and oxygen atoms in total. The molecule has 1 aromatic carbocycles. The molecule has 0 bridgehead atoms. The maximum Gasteiger partial charge on any atom is 0.203 e. The van der Waals surface area contributed by atoms with Crippen molar-refractivity contribution in [2.45, 2.75) is 18.9 Å². The third kappa shape index (κ3) is 3.24. The number of methoxy groups -OCH3 is 3. The van der Waals surface area contributed by atoms with Crippen molar-refractivity contribution in [2.24, 2.45) is 0 Å². The summed E-state index contributed by atoms with van der Waals surface area (Å²) >= 11 is 0. The van der Waals surface area contributed by atoms with E-state index in [1.807, 2.05) is 25.4 Å². The minimum absolute atomic E-state index is 0.0685. The van der Waals surface area contributed by atoms with Gasteiger partial charge in [0, 0.05) is 0 Å². The smallest absolute Gasteiger partial charge is 0.203 e. The molecule has 0 aliphatic carbocycles. The van der Waals surface area contributed by atoms with Crippen LogP contribution in [-0.2, 0) is 4.74 Å². The van der Waals surface area contributed by atoms with Crippen molar-refractivity contribution in [3.63, 3.8) is 0 Å². The lowest BCUT2D eigenvalue weighted by Crippen LogP contribution is -2.21. The Bertz CT molecular complexity index is 488. The Morgan fingerprint density at radius 2 is 1.76 bits per heavy atom. The van der Waals surface area contributed by atoms with Crippen LogP contribution >= 0.6 is 0 Å². The largest absolute Gasteiger partial charge is 0.501 e. The third-order valence-corrected chi connectivity index (χ3v) is 3.64. The van der Waals surface area contributed by atoms with E-state index in [4.69, 9.17) is 18.9 Å². The van der Waals surface area contributed by atoms with Crippen LogP contribution < -0.4 is 19.5 Å². The van der Waals surface area contributed by atoms with Gasteiger partial charge < -0.3 is 24.3 Å². The quantitative estimate of drug-likeness (QED) is 0.874. The lowest BCUT2D eigenvalue weighted by molar-refractivity contribution is 0.220. The number of benzene rings is 1. The number of rotatable bonds is 6. The highest BCUT2D eigenvalue weighted by molar-refractivity contribution is 5.55. The monoisotopic (exact) mass is 293 g/mol. The molecule has 1 aliphatic heterocycles. The molecule has 1 unspecified atom stereocenters. The summed E-state index contributed by atoms with van der Waals surface area (Å²) in [6.45, 7) is 0.787. The highest BCUT2D eigenvalue weighted by Gasteiger charge is 2.21. The molecule has 0 fully saturated rings. The predicted octanol–water partition coefficient (Wildman–Crippen LogP) is 2.67. The van der Waals surface area contributed by atoms with Crippen molar-refractivity contribution in [1.29, 1.82) is 0 Å². The van der Waals surface area contributed by atoms with Crippen LogP contribution in [0.2, 0.25) is 0 Å². The second-order valence-corrected chi connectivity index (χ2v) is 4.85.